The van der Waals surface area contributed by atoms with Gasteiger partial charge in [0.1, 0.15) is 12.1 Å². The third-order valence-corrected chi connectivity index (χ3v) is 8.03. The van der Waals surface area contributed by atoms with Gasteiger partial charge < -0.3 is 25.3 Å². The normalized spacial score (nSPS) is 19.6. The highest BCUT2D eigenvalue weighted by atomic mass is 16.3. The van der Waals surface area contributed by atoms with Crippen molar-refractivity contribution in [2.24, 2.45) is 11.8 Å². The summed E-state index contributed by atoms with van der Waals surface area (Å²) in [5.74, 6) is 1.73. The topological polar surface area (TPSA) is 138 Å². The minimum absolute atomic E-state index is 0.137. The number of aliphatic hydroxyl groups is 2. The molecule has 0 saturated heterocycles. The van der Waals surface area contributed by atoms with Crippen LogP contribution in [0.1, 0.15) is 74.5 Å². The molecule has 10 nitrogen and oxygen atoms in total. The first-order valence-electron chi connectivity index (χ1n) is 14.1. The number of benzene rings is 1. The van der Waals surface area contributed by atoms with Crippen molar-refractivity contribution in [3.05, 3.63) is 54.2 Å². The molecule has 210 valence electrons. The molecule has 3 heterocycles. The molecular formula is C30H36N6O4. The van der Waals surface area contributed by atoms with Gasteiger partial charge in [-0.15, -0.1) is 0 Å². The molecule has 6 rings (SSSR count). The van der Waals surface area contributed by atoms with Crippen LogP contribution in [-0.4, -0.2) is 49.0 Å². The number of rotatable bonds is 9. The molecule has 0 bridgehead atoms. The molecule has 3 aromatic heterocycles. The Kier molecular flexibility index (Phi) is 7.06. The molecule has 0 radical (unpaired) electrons. The Morgan fingerprint density at radius 2 is 1.90 bits per heavy atom. The third kappa shape index (κ3) is 5.73. The quantitative estimate of drug-likeness (QED) is 0.228. The van der Waals surface area contributed by atoms with Gasteiger partial charge in [0.2, 0.25) is 5.89 Å². The number of oxazole rings is 1. The Morgan fingerprint density at radius 1 is 1.12 bits per heavy atom. The monoisotopic (exact) mass is 544 g/mol. The van der Waals surface area contributed by atoms with Gasteiger partial charge in [-0.25, -0.2) is 9.97 Å². The number of nitrogens with one attached hydrogen (secondary N) is 2. The van der Waals surface area contributed by atoms with Gasteiger partial charge in [-0.05, 0) is 88.5 Å². The van der Waals surface area contributed by atoms with Crippen LogP contribution in [0.25, 0.3) is 22.4 Å². The first-order valence-corrected chi connectivity index (χ1v) is 14.1. The van der Waals surface area contributed by atoms with E-state index in [2.05, 4.69) is 20.6 Å². The van der Waals surface area contributed by atoms with E-state index in [0.29, 0.717) is 23.1 Å². The zero-order valence-corrected chi connectivity index (χ0v) is 22.9. The van der Waals surface area contributed by atoms with Crippen molar-refractivity contribution in [3.8, 4) is 11.5 Å². The van der Waals surface area contributed by atoms with Gasteiger partial charge >= 0.3 is 0 Å². The van der Waals surface area contributed by atoms with Crippen molar-refractivity contribution in [1.82, 2.24) is 19.7 Å². The minimum atomic E-state index is -1.21. The largest absolute Gasteiger partial charge is 0.444 e. The Morgan fingerprint density at radius 3 is 2.62 bits per heavy atom. The van der Waals surface area contributed by atoms with Crippen molar-refractivity contribution < 1.29 is 19.4 Å². The average molecular weight is 545 g/mol. The molecule has 1 aromatic carbocycles. The summed E-state index contributed by atoms with van der Waals surface area (Å²) in [5, 5.41) is 32.3. The lowest BCUT2D eigenvalue weighted by atomic mass is 9.87. The van der Waals surface area contributed by atoms with Gasteiger partial charge in [0, 0.05) is 47.7 Å². The van der Waals surface area contributed by atoms with Gasteiger partial charge in [0.25, 0.3) is 5.91 Å². The molecule has 0 aliphatic heterocycles. The summed E-state index contributed by atoms with van der Waals surface area (Å²) in [6, 6.07) is 7.62. The molecule has 0 unspecified atom stereocenters. The lowest BCUT2D eigenvalue weighted by molar-refractivity contribution is 0.0793. The van der Waals surface area contributed by atoms with E-state index in [1.54, 1.807) is 26.1 Å². The average Bonchev–Trinajstić information content (AvgIpc) is 3.47. The van der Waals surface area contributed by atoms with Gasteiger partial charge in [-0.3, -0.25) is 9.48 Å². The van der Waals surface area contributed by atoms with Gasteiger partial charge in [0.15, 0.2) is 5.69 Å². The molecule has 1 amide bonds. The van der Waals surface area contributed by atoms with Gasteiger partial charge in [-0.1, -0.05) is 0 Å². The first kappa shape index (κ1) is 26.5. The standard InChI is InChI=1S/C30H36N6O4/c1-30(2,39)23-13-24-21(15-36(35-24)22-7-5-19(16-37)6-8-22)11-25(23)33-28(38)26-17-40-29(34-26)20-9-10-31-27(12-20)32-14-18-3-4-18/h9-13,15,17-19,22,37,39H,3-8,14,16H2,1-2H3,(H,31,32)(H,33,38)/t19-,22-. The predicted molar refractivity (Wildman–Crippen MR) is 152 cm³/mol. The van der Waals surface area contributed by atoms with E-state index < -0.39 is 11.5 Å². The molecule has 2 fully saturated rings. The molecule has 4 aromatic rings. The van der Waals surface area contributed by atoms with Gasteiger partial charge in [0.05, 0.1) is 17.2 Å². The van der Waals surface area contributed by atoms with E-state index in [0.717, 1.165) is 60.4 Å². The number of hydrogen-bond donors (Lipinski definition) is 4. The second-order valence-corrected chi connectivity index (χ2v) is 11.7. The number of aromatic nitrogens is 4. The molecular weight excluding hydrogens is 508 g/mol. The Labute approximate surface area is 232 Å². The van der Waals surface area contributed by atoms with Crippen LogP contribution in [0.4, 0.5) is 11.5 Å². The summed E-state index contributed by atoms with van der Waals surface area (Å²) in [6.45, 7) is 4.50. The number of hydrogen-bond acceptors (Lipinski definition) is 8. The zero-order valence-electron chi connectivity index (χ0n) is 22.9. The lowest BCUT2D eigenvalue weighted by Gasteiger charge is -2.27. The molecule has 0 atom stereocenters. The highest BCUT2D eigenvalue weighted by molar-refractivity contribution is 6.04. The van der Waals surface area contributed by atoms with E-state index in [1.165, 1.54) is 19.1 Å². The maximum atomic E-state index is 13.3. The SMILES string of the molecule is CC(C)(O)c1cc2nn([C@H]3CC[C@H](CO)CC3)cc2cc1NC(=O)c1coc(-c2ccnc(NCC3CC3)c2)n1. The van der Waals surface area contributed by atoms with E-state index >= 15 is 0 Å². The van der Waals surface area contributed by atoms with E-state index in [1.807, 2.05) is 29.1 Å². The van der Waals surface area contributed by atoms with Crippen LogP contribution in [-0.2, 0) is 5.60 Å². The zero-order chi connectivity index (χ0) is 27.9. The second kappa shape index (κ2) is 10.7. The third-order valence-electron chi connectivity index (χ3n) is 8.03. The maximum Gasteiger partial charge on any atom is 0.277 e. The van der Waals surface area contributed by atoms with Crippen molar-refractivity contribution >= 4 is 28.3 Å². The summed E-state index contributed by atoms with van der Waals surface area (Å²) in [4.78, 5) is 22.0. The maximum absolute atomic E-state index is 13.3. The predicted octanol–water partition coefficient (Wildman–Crippen LogP) is 5.11. The van der Waals surface area contributed by atoms with Crippen LogP contribution in [0.3, 0.4) is 0 Å². The number of anilines is 2. The molecule has 40 heavy (non-hydrogen) atoms. The van der Waals surface area contributed by atoms with Crippen LogP contribution < -0.4 is 10.6 Å². The first-order chi connectivity index (χ1) is 19.3. The second-order valence-electron chi connectivity index (χ2n) is 11.7. The van der Waals surface area contributed by atoms with E-state index in [-0.39, 0.29) is 18.3 Å². The van der Waals surface area contributed by atoms with Gasteiger partial charge in [-0.2, -0.15) is 5.10 Å². The molecule has 2 aliphatic carbocycles. The highest BCUT2D eigenvalue weighted by Crippen LogP contribution is 2.36. The smallest absolute Gasteiger partial charge is 0.277 e. The highest BCUT2D eigenvalue weighted by Gasteiger charge is 2.26. The summed E-state index contributed by atoms with van der Waals surface area (Å²) in [6.07, 6.45) is 11.4. The number of carbonyl (C=O) groups is 1. The van der Waals surface area contributed by atoms with Crippen LogP contribution in [0, 0.1) is 11.8 Å². The summed E-state index contributed by atoms with van der Waals surface area (Å²) in [7, 11) is 0. The van der Waals surface area contributed by atoms with Crippen LogP contribution in [0.5, 0.6) is 0 Å². The number of nitrogens with zero attached hydrogens (tertiary/aromatic N) is 4. The Bertz CT molecular complexity index is 1510. The number of pyridine rings is 1. The molecule has 2 saturated carbocycles. The molecule has 0 spiro atoms. The fourth-order valence-corrected chi connectivity index (χ4v) is 5.41. The lowest BCUT2D eigenvalue weighted by Crippen LogP contribution is -2.21. The molecule has 4 N–H and O–H groups in total. The van der Waals surface area contributed by atoms with Crippen molar-refractivity contribution in [3.63, 3.8) is 0 Å². The van der Waals surface area contributed by atoms with Crippen molar-refractivity contribution in [2.45, 2.75) is 64.0 Å². The number of aliphatic hydroxyl groups excluding tert-OH is 1. The number of amides is 1. The Hall–Kier alpha value is -3.76. The summed E-state index contributed by atoms with van der Waals surface area (Å²) < 4.78 is 7.64. The van der Waals surface area contributed by atoms with Crippen LogP contribution in [0.2, 0.25) is 0 Å². The Balaban J connectivity index is 1.22. The summed E-state index contributed by atoms with van der Waals surface area (Å²) >= 11 is 0. The van der Waals surface area contributed by atoms with Crippen LogP contribution in [0.15, 0.2) is 47.3 Å². The fourth-order valence-electron chi connectivity index (χ4n) is 5.41. The fraction of sp³-hybridized carbons (Fsp3) is 0.467. The minimum Gasteiger partial charge on any atom is -0.444 e. The number of fused-ring (bicyclic) bond motifs is 1. The molecule has 2 aliphatic rings. The number of carbonyl (C=O) groups excluding carboxylic acids is 1. The van der Waals surface area contributed by atoms with Crippen LogP contribution >= 0.6 is 0 Å². The van der Waals surface area contributed by atoms with E-state index in [9.17, 15) is 15.0 Å². The molecule has 10 heteroatoms. The summed E-state index contributed by atoms with van der Waals surface area (Å²) in [5.41, 5.74) is 1.46. The van der Waals surface area contributed by atoms with Crippen molar-refractivity contribution in [2.75, 3.05) is 23.8 Å². The van der Waals surface area contributed by atoms with Crippen molar-refractivity contribution in [1.29, 1.82) is 0 Å². The van der Waals surface area contributed by atoms with E-state index in [4.69, 9.17) is 9.52 Å².